The molecule has 0 saturated carbocycles. The predicted octanol–water partition coefficient (Wildman–Crippen LogP) is 2.02. The van der Waals surface area contributed by atoms with E-state index in [1.807, 2.05) is 25.9 Å². The average Bonchev–Trinajstić information content (AvgIpc) is 2.98. The normalized spacial score (nSPS) is 29.6. The molecule has 0 spiro atoms. The minimum Gasteiger partial charge on any atom is -0.443 e. The highest BCUT2D eigenvalue weighted by atomic mass is 16.6. The first-order valence-electron chi connectivity index (χ1n) is 15.3. The number of nitrogens with two attached hydrogens (primary N) is 2. The van der Waals surface area contributed by atoms with Gasteiger partial charge >= 0.3 is 12.2 Å². The maximum atomic E-state index is 13.8. The SMILES string of the molecule is CO[C@H]1/C=C\C=C(/C)C(=O)NC2=CC(=O)C(NCCN(C)C)=C(C[C@@H](C)C[C@H](OC)[C@H](OC(N)=O)[C@@H](C)/C=C(\C)[C@@H]1OC(N)=O)C2=O. The van der Waals surface area contributed by atoms with Crippen molar-refractivity contribution in [2.75, 3.05) is 41.4 Å². The first kappa shape index (κ1) is 38.9. The maximum absolute atomic E-state index is 13.8. The molecule has 3 amide bonds. The zero-order valence-corrected chi connectivity index (χ0v) is 28.5. The second kappa shape index (κ2) is 18.2. The molecule has 14 heteroatoms. The Hall–Kier alpha value is -4.27. The van der Waals surface area contributed by atoms with Gasteiger partial charge in [0.05, 0.1) is 17.5 Å². The molecular weight excluding hydrogens is 610 g/mol. The predicted molar refractivity (Wildman–Crippen MR) is 175 cm³/mol. The molecule has 0 fully saturated rings. The van der Waals surface area contributed by atoms with Crippen molar-refractivity contribution in [3.8, 4) is 0 Å². The Morgan fingerprint density at radius 3 is 2.28 bits per heavy atom. The fourth-order valence-electron chi connectivity index (χ4n) is 5.49. The average molecular weight is 660 g/mol. The number of ketones is 2. The van der Waals surface area contributed by atoms with E-state index in [2.05, 4.69) is 10.6 Å². The molecule has 0 aromatic rings. The third kappa shape index (κ3) is 11.5. The van der Waals surface area contributed by atoms with Crippen LogP contribution in [0.1, 0.15) is 40.5 Å². The van der Waals surface area contributed by atoms with Crippen molar-refractivity contribution in [2.45, 2.75) is 65.0 Å². The third-order valence-electron chi connectivity index (χ3n) is 7.87. The van der Waals surface area contributed by atoms with E-state index in [4.69, 9.17) is 30.4 Å². The molecule has 0 radical (unpaired) electrons. The summed E-state index contributed by atoms with van der Waals surface area (Å²) >= 11 is 0. The van der Waals surface area contributed by atoms with Crippen LogP contribution in [-0.4, -0.2) is 100 Å². The van der Waals surface area contributed by atoms with Crippen LogP contribution in [0.4, 0.5) is 9.59 Å². The molecule has 0 aromatic heterocycles. The Kier molecular flexibility index (Phi) is 15.0. The lowest BCUT2D eigenvalue weighted by molar-refractivity contribution is -0.120. The van der Waals surface area contributed by atoms with Crippen LogP contribution in [0.3, 0.4) is 0 Å². The van der Waals surface area contributed by atoms with Crippen molar-refractivity contribution < 1.29 is 42.9 Å². The maximum Gasteiger partial charge on any atom is 0.405 e. The number of carbonyl (C=O) groups excluding carboxylic acids is 5. The number of nitrogens with one attached hydrogen (secondary N) is 2. The van der Waals surface area contributed by atoms with Gasteiger partial charge in [-0.05, 0) is 52.3 Å². The van der Waals surface area contributed by atoms with E-state index in [1.165, 1.54) is 26.4 Å². The molecule has 1 heterocycles. The summed E-state index contributed by atoms with van der Waals surface area (Å²) in [6.45, 7) is 7.93. The van der Waals surface area contributed by atoms with Crippen molar-refractivity contribution in [1.29, 1.82) is 0 Å². The summed E-state index contributed by atoms with van der Waals surface area (Å²) < 4.78 is 22.3. The summed E-state index contributed by atoms with van der Waals surface area (Å²) in [4.78, 5) is 66.1. The number of rotatable bonds is 8. The zero-order valence-electron chi connectivity index (χ0n) is 28.5. The number of fused-ring (bicyclic) bond motifs is 2. The molecule has 2 aliphatic rings. The number of ether oxygens (including phenoxy) is 4. The lowest BCUT2D eigenvalue weighted by atomic mass is 9.85. The number of allylic oxidation sites excluding steroid dienone is 4. The highest BCUT2D eigenvalue weighted by molar-refractivity contribution is 6.23. The van der Waals surface area contributed by atoms with Crippen LogP contribution in [0.15, 0.2) is 58.5 Å². The molecule has 260 valence electrons. The van der Waals surface area contributed by atoms with Gasteiger partial charge in [-0.25, -0.2) is 9.59 Å². The molecule has 6 N–H and O–H groups in total. The van der Waals surface area contributed by atoms with Gasteiger partial charge in [0.25, 0.3) is 5.91 Å². The van der Waals surface area contributed by atoms with Gasteiger partial charge < -0.3 is 45.9 Å². The number of primary amides is 2. The molecular formula is C33H49N5O9. The van der Waals surface area contributed by atoms with E-state index in [0.717, 1.165) is 6.08 Å². The third-order valence-corrected chi connectivity index (χ3v) is 7.87. The fourth-order valence-corrected chi connectivity index (χ4v) is 5.49. The zero-order chi connectivity index (χ0) is 35.4. The number of likely N-dealkylation sites (N-methyl/N-ethyl adjacent to an activating group) is 1. The van der Waals surface area contributed by atoms with Crippen molar-refractivity contribution >= 4 is 29.7 Å². The van der Waals surface area contributed by atoms with Gasteiger partial charge in [0, 0.05) is 50.4 Å². The first-order chi connectivity index (χ1) is 22.1. The van der Waals surface area contributed by atoms with E-state index in [-0.39, 0.29) is 34.9 Å². The van der Waals surface area contributed by atoms with Crippen LogP contribution in [0.5, 0.6) is 0 Å². The molecule has 0 aromatic carbocycles. The van der Waals surface area contributed by atoms with E-state index < -0.39 is 60.0 Å². The lowest BCUT2D eigenvalue weighted by Gasteiger charge is -2.32. The van der Waals surface area contributed by atoms with E-state index in [9.17, 15) is 24.0 Å². The fraction of sp³-hybridized carbons (Fsp3) is 0.545. The molecule has 14 nitrogen and oxygen atoms in total. The van der Waals surface area contributed by atoms with Gasteiger partial charge in [-0.1, -0.05) is 38.2 Å². The van der Waals surface area contributed by atoms with Gasteiger partial charge in [0.1, 0.15) is 12.2 Å². The monoisotopic (exact) mass is 659 g/mol. The van der Waals surface area contributed by atoms with Gasteiger partial charge in [0.15, 0.2) is 6.10 Å². The number of nitrogens with zero attached hydrogens (tertiary/aromatic N) is 1. The minimum absolute atomic E-state index is 0.147. The Balaban J connectivity index is 2.70. The molecule has 1 aliphatic heterocycles. The van der Waals surface area contributed by atoms with Crippen LogP contribution in [-0.2, 0) is 33.3 Å². The van der Waals surface area contributed by atoms with E-state index >= 15 is 0 Å². The summed E-state index contributed by atoms with van der Waals surface area (Å²) in [6, 6.07) is 0. The Morgan fingerprint density at radius 1 is 1.04 bits per heavy atom. The standard InChI is InChI=1S/C33H49N5O9/c1-18-14-22-27(36-12-13-38(5)6)24(39)17-23(28(22)40)37-31(41)19(2)10-9-11-25(44-7)29(46-32(34)42)20(3)16-21(4)30(47-33(35)43)26(15-18)45-8/h9-11,16-18,21,25-26,29-30,36H,12-15H2,1-8H3,(H2,34,42)(H2,35,43)(H,37,41)/b11-9-,19-10+,20-16+/t18-,21+,25+,26+,29+,30-/m1/s1. The van der Waals surface area contributed by atoms with E-state index in [0.29, 0.717) is 25.1 Å². The molecule has 0 unspecified atom stereocenters. The Bertz CT molecular complexity index is 1350. The molecule has 47 heavy (non-hydrogen) atoms. The minimum atomic E-state index is -1.03. The van der Waals surface area contributed by atoms with Crippen molar-refractivity contribution in [2.24, 2.45) is 23.3 Å². The Morgan fingerprint density at radius 2 is 1.70 bits per heavy atom. The topological polar surface area (TPSA) is 202 Å². The number of hydrogen-bond acceptors (Lipinski definition) is 11. The summed E-state index contributed by atoms with van der Waals surface area (Å²) in [5.74, 6) is -2.31. The number of Topliss-reactive ketones (excluding diaryl/α,β-unsaturated/α-hetero) is 1. The van der Waals surface area contributed by atoms with Crippen LogP contribution in [0, 0.1) is 11.8 Å². The van der Waals surface area contributed by atoms with Gasteiger partial charge in [-0.15, -0.1) is 0 Å². The summed E-state index contributed by atoms with van der Waals surface area (Å²) in [5.41, 5.74) is 11.9. The second-order valence-corrected chi connectivity index (χ2v) is 12.1. The molecule has 6 atom stereocenters. The molecule has 1 aliphatic carbocycles. The van der Waals surface area contributed by atoms with Crippen LogP contribution < -0.4 is 22.1 Å². The summed E-state index contributed by atoms with van der Waals surface area (Å²) in [7, 11) is 6.66. The van der Waals surface area contributed by atoms with Crippen molar-refractivity contribution in [3.63, 3.8) is 0 Å². The van der Waals surface area contributed by atoms with Gasteiger partial charge in [0.2, 0.25) is 11.6 Å². The van der Waals surface area contributed by atoms with Crippen molar-refractivity contribution in [3.05, 3.63) is 58.5 Å². The van der Waals surface area contributed by atoms with Gasteiger partial charge in [-0.2, -0.15) is 0 Å². The van der Waals surface area contributed by atoms with Gasteiger partial charge in [-0.3, -0.25) is 14.4 Å². The summed E-state index contributed by atoms with van der Waals surface area (Å²) in [5, 5.41) is 5.69. The highest BCUT2D eigenvalue weighted by Crippen LogP contribution is 2.30. The van der Waals surface area contributed by atoms with Crippen molar-refractivity contribution in [1.82, 2.24) is 15.5 Å². The molecule has 2 rings (SSSR count). The lowest BCUT2D eigenvalue weighted by Crippen LogP contribution is -2.41. The first-order valence-corrected chi connectivity index (χ1v) is 15.3. The largest absolute Gasteiger partial charge is 0.443 e. The van der Waals surface area contributed by atoms with Crippen LogP contribution >= 0.6 is 0 Å². The number of carbonyl (C=O) groups is 5. The summed E-state index contributed by atoms with van der Waals surface area (Å²) in [6.07, 6.45) is 2.45. The number of methoxy groups -OCH3 is 2. The van der Waals surface area contributed by atoms with Crippen LogP contribution in [0.2, 0.25) is 0 Å². The number of amides is 3. The Labute approximate surface area is 276 Å². The second-order valence-electron chi connectivity index (χ2n) is 12.1. The smallest absolute Gasteiger partial charge is 0.405 e. The van der Waals surface area contributed by atoms with Crippen LogP contribution in [0.25, 0.3) is 0 Å². The highest BCUT2D eigenvalue weighted by Gasteiger charge is 2.35. The molecule has 2 bridgehead atoms. The van der Waals surface area contributed by atoms with E-state index in [1.54, 1.807) is 32.9 Å². The quantitative estimate of drug-likeness (QED) is 0.219. The molecule has 0 saturated heterocycles. The number of hydrogen-bond donors (Lipinski definition) is 4.